The van der Waals surface area contributed by atoms with Crippen molar-refractivity contribution >= 4 is 11.3 Å². The summed E-state index contributed by atoms with van der Waals surface area (Å²) >= 11 is 1.66. The van der Waals surface area contributed by atoms with Crippen molar-refractivity contribution in [3.8, 4) is 0 Å². The number of aryl methyl sites for hydroxylation is 2. The van der Waals surface area contributed by atoms with Gasteiger partial charge in [0.1, 0.15) is 0 Å². The maximum Gasteiger partial charge on any atom is 0.0960 e. The summed E-state index contributed by atoms with van der Waals surface area (Å²) in [5, 5.41) is 11.3. The van der Waals surface area contributed by atoms with Gasteiger partial charge in [-0.25, -0.2) is 4.98 Å². The monoisotopic (exact) mass is 277 g/mol. The van der Waals surface area contributed by atoms with Crippen molar-refractivity contribution in [2.45, 2.75) is 33.0 Å². The Kier molecular flexibility index (Phi) is 4.69. The summed E-state index contributed by atoms with van der Waals surface area (Å²) in [7, 11) is 1.67. The Morgan fingerprint density at radius 2 is 2.16 bits per heavy atom. The Bertz CT molecular complexity index is 531. The van der Waals surface area contributed by atoms with Gasteiger partial charge in [0.25, 0.3) is 0 Å². The maximum atomic E-state index is 10.3. The van der Waals surface area contributed by atoms with Gasteiger partial charge in [-0.15, -0.1) is 11.3 Å². The van der Waals surface area contributed by atoms with E-state index in [2.05, 4.69) is 11.9 Å². The minimum atomic E-state index is -0.512. The van der Waals surface area contributed by atoms with E-state index in [-0.39, 0.29) is 0 Å². The van der Waals surface area contributed by atoms with Crippen LogP contribution in [0.3, 0.4) is 0 Å². The largest absolute Gasteiger partial charge is 0.388 e. The average molecular weight is 277 g/mol. The highest BCUT2D eigenvalue weighted by Gasteiger charge is 2.12. The van der Waals surface area contributed by atoms with Crippen molar-refractivity contribution in [2.24, 2.45) is 0 Å². The van der Waals surface area contributed by atoms with Crippen molar-refractivity contribution in [2.75, 3.05) is 7.11 Å². The first-order chi connectivity index (χ1) is 9.10. The van der Waals surface area contributed by atoms with E-state index in [1.165, 1.54) is 4.88 Å². The smallest absolute Gasteiger partial charge is 0.0960 e. The molecule has 0 aliphatic heterocycles. The zero-order valence-corrected chi connectivity index (χ0v) is 12.3. The van der Waals surface area contributed by atoms with Gasteiger partial charge in [-0.3, -0.25) is 0 Å². The van der Waals surface area contributed by atoms with Crippen LogP contribution in [-0.4, -0.2) is 17.2 Å². The van der Waals surface area contributed by atoms with E-state index < -0.39 is 6.10 Å². The van der Waals surface area contributed by atoms with E-state index in [1.807, 2.05) is 31.2 Å². The van der Waals surface area contributed by atoms with Crippen LogP contribution in [0.2, 0.25) is 0 Å². The van der Waals surface area contributed by atoms with E-state index in [1.54, 1.807) is 18.4 Å². The van der Waals surface area contributed by atoms with Crippen molar-refractivity contribution < 1.29 is 9.84 Å². The first kappa shape index (κ1) is 14.2. The van der Waals surface area contributed by atoms with Crippen LogP contribution in [0.4, 0.5) is 0 Å². The molecule has 0 amide bonds. The molecule has 2 rings (SSSR count). The third-order valence-corrected chi connectivity index (χ3v) is 4.18. The fourth-order valence-electron chi connectivity index (χ4n) is 1.97. The van der Waals surface area contributed by atoms with E-state index >= 15 is 0 Å². The Morgan fingerprint density at radius 3 is 2.79 bits per heavy atom. The maximum absolute atomic E-state index is 10.3. The van der Waals surface area contributed by atoms with Gasteiger partial charge < -0.3 is 9.84 Å². The summed E-state index contributed by atoms with van der Waals surface area (Å²) < 4.78 is 5.11. The van der Waals surface area contributed by atoms with E-state index in [0.717, 1.165) is 21.8 Å². The molecule has 1 atom stereocenters. The number of rotatable bonds is 5. The van der Waals surface area contributed by atoms with E-state index in [9.17, 15) is 5.11 Å². The summed E-state index contributed by atoms with van der Waals surface area (Å²) in [5.74, 6) is 0. The average Bonchev–Trinajstić information content (AvgIpc) is 2.69. The highest BCUT2D eigenvalue weighted by molar-refractivity contribution is 7.11. The molecular formula is C15H19NO2S. The lowest BCUT2D eigenvalue weighted by atomic mass is 10.0. The Morgan fingerprint density at radius 1 is 1.37 bits per heavy atom. The first-order valence-corrected chi connectivity index (χ1v) is 7.10. The van der Waals surface area contributed by atoms with Gasteiger partial charge in [-0.05, 0) is 25.0 Å². The molecule has 0 aliphatic rings. The Hall–Kier alpha value is -1.23. The summed E-state index contributed by atoms with van der Waals surface area (Å²) in [4.78, 5) is 5.69. The Labute approximate surface area is 117 Å². The standard InChI is InChI=1S/C15H19NO2S/c1-10-11(2)19-15(16-10)8-14(17)13-6-4-5-12(7-13)9-18-3/h4-7,14,17H,8-9H2,1-3H3. The van der Waals surface area contributed by atoms with Gasteiger partial charge in [-0.1, -0.05) is 24.3 Å². The van der Waals surface area contributed by atoms with Crippen LogP contribution < -0.4 is 0 Å². The van der Waals surface area contributed by atoms with Gasteiger partial charge in [0.15, 0.2) is 0 Å². The van der Waals surface area contributed by atoms with Crippen LogP contribution in [0.1, 0.15) is 32.8 Å². The Balaban J connectivity index is 2.10. The van der Waals surface area contributed by atoms with E-state index in [4.69, 9.17) is 4.74 Å². The second-order valence-corrected chi connectivity index (χ2v) is 5.93. The van der Waals surface area contributed by atoms with Crippen LogP contribution in [-0.2, 0) is 17.8 Å². The quantitative estimate of drug-likeness (QED) is 0.912. The molecule has 0 bridgehead atoms. The zero-order chi connectivity index (χ0) is 13.8. The highest BCUT2D eigenvalue weighted by atomic mass is 32.1. The molecule has 2 aromatic rings. The molecule has 19 heavy (non-hydrogen) atoms. The SMILES string of the molecule is COCc1cccc(C(O)Cc2nc(C)c(C)s2)c1. The zero-order valence-electron chi connectivity index (χ0n) is 11.5. The lowest BCUT2D eigenvalue weighted by molar-refractivity contribution is 0.175. The van der Waals surface area contributed by atoms with Crippen molar-refractivity contribution in [1.29, 1.82) is 0 Å². The van der Waals surface area contributed by atoms with Crippen molar-refractivity contribution in [1.82, 2.24) is 4.98 Å². The third-order valence-electron chi connectivity index (χ3n) is 3.09. The fourth-order valence-corrected chi connectivity index (χ4v) is 2.94. The van der Waals surface area contributed by atoms with Crippen LogP contribution in [0.25, 0.3) is 0 Å². The summed E-state index contributed by atoms with van der Waals surface area (Å²) in [5.41, 5.74) is 3.05. The predicted molar refractivity (Wildman–Crippen MR) is 77.4 cm³/mol. The van der Waals surface area contributed by atoms with Crippen molar-refractivity contribution in [3.05, 3.63) is 51.0 Å². The summed E-state index contributed by atoms with van der Waals surface area (Å²) in [6, 6.07) is 7.88. The van der Waals surface area contributed by atoms with Gasteiger partial charge in [0.2, 0.25) is 0 Å². The molecular weight excluding hydrogens is 258 g/mol. The van der Waals surface area contributed by atoms with Gasteiger partial charge in [-0.2, -0.15) is 0 Å². The number of nitrogens with zero attached hydrogens (tertiary/aromatic N) is 1. The molecule has 102 valence electrons. The molecule has 0 aliphatic carbocycles. The topological polar surface area (TPSA) is 42.4 Å². The second-order valence-electron chi connectivity index (χ2n) is 4.65. The molecule has 0 fully saturated rings. The number of thiazole rings is 1. The number of aliphatic hydroxyl groups is 1. The molecule has 0 spiro atoms. The number of hydrogen-bond acceptors (Lipinski definition) is 4. The molecule has 1 N–H and O–H groups in total. The molecule has 1 aromatic heterocycles. The van der Waals surface area contributed by atoms with Crippen LogP contribution in [0.15, 0.2) is 24.3 Å². The number of hydrogen-bond donors (Lipinski definition) is 1. The van der Waals surface area contributed by atoms with Gasteiger partial charge in [0.05, 0.1) is 23.4 Å². The molecule has 4 heteroatoms. The molecule has 0 saturated heterocycles. The molecule has 0 saturated carbocycles. The van der Waals surface area contributed by atoms with Crippen LogP contribution in [0, 0.1) is 13.8 Å². The van der Waals surface area contributed by atoms with E-state index in [0.29, 0.717) is 13.0 Å². The number of aromatic nitrogens is 1. The summed E-state index contributed by atoms with van der Waals surface area (Å²) in [6.07, 6.45) is 0.0530. The molecule has 1 unspecified atom stereocenters. The van der Waals surface area contributed by atoms with Gasteiger partial charge >= 0.3 is 0 Å². The highest BCUT2D eigenvalue weighted by Crippen LogP contribution is 2.24. The molecule has 0 radical (unpaired) electrons. The third kappa shape index (κ3) is 3.62. The first-order valence-electron chi connectivity index (χ1n) is 6.29. The minimum absolute atomic E-state index is 0.512. The molecule has 3 nitrogen and oxygen atoms in total. The number of aliphatic hydroxyl groups excluding tert-OH is 1. The van der Waals surface area contributed by atoms with Crippen LogP contribution in [0.5, 0.6) is 0 Å². The van der Waals surface area contributed by atoms with Gasteiger partial charge in [0, 0.05) is 18.4 Å². The lowest BCUT2D eigenvalue weighted by Crippen LogP contribution is -2.02. The van der Waals surface area contributed by atoms with Crippen LogP contribution >= 0.6 is 11.3 Å². The summed E-state index contributed by atoms with van der Waals surface area (Å²) in [6.45, 7) is 4.62. The number of ether oxygens (including phenoxy) is 1. The predicted octanol–water partition coefficient (Wildman–Crippen LogP) is 3.18. The molecule has 1 heterocycles. The lowest BCUT2D eigenvalue weighted by Gasteiger charge is -2.10. The number of benzene rings is 1. The number of methoxy groups -OCH3 is 1. The van der Waals surface area contributed by atoms with Crippen molar-refractivity contribution in [3.63, 3.8) is 0 Å². The minimum Gasteiger partial charge on any atom is -0.388 e. The second kappa shape index (κ2) is 6.28. The fraction of sp³-hybridized carbons (Fsp3) is 0.400. The normalized spacial score (nSPS) is 12.6. The molecule has 1 aromatic carbocycles.